The monoisotopic (exact) mass is 396 g/mol. The normalized spacial score (nSPS) is 22.8. The molecule has 4 rings (SSSR count). The lowest BCUT2D eigenvalue weighted by atomic mass is 10.0. The van der Waals surface area contributed by atoms with Crippen molar-refractivity contribution in [2.45, 2.75) is 39.2 Å². The molecule has 0 saturated carbocycles. The smallest absolute Gasteiger partial charge is 0.259 e. The number of nitrogens with two attached hydrogens (primary N) is 1. The highest BCUT2D eigenvalue weighted by atomic mass is 16.5. The van der Waals surface area contributed by atoms with E-state index in [4.69, 9.17) is 10.3 Å². The third-order valence-corrected chi connectivity index (χ3v) is 6.54. The molecule has 1 amide bonds. The number of carbonyl (C=O) groups excluding carboxylic acids is 1. The molecule has 2 saturated heterocycles. The Balaban J connectivity index is 1.31. The van der Waals surface area contributed by atoms with Crippen LogP contribution in [0.1, 0.15) is 53.7 Å². The van der Waals surface area contributed by atoms with Crippen LogP contribution in [0.4, 0.5) is 0 Å². The summed E-state index contributed by atoms with van der Waals surface area (Å²) in [7, 11) is 0. The van der Waals surface area contributed by atoms with E-state index in [2.05, 4.69) is 22.2 Å². The van der Waals surface area contributed by atoms with Gasteiger partial charge in [0.1, 0.15) is 11.3 Å². The summed E-state index contributed by atoms with van der Waals surface area (Å²) in [5.41, 5.74) is 9.07. The van der Waals surface area contributed by atoms with Gasteiger partial charge in [0.2, 0.25) is 0 Å². The zero-order chi connectivity index (χ0) is 20.4. The van der Waals surface area contributed by atoms with Gasteiger partial charge in [-0.1, -0.05) is 49.3 Å². The van der Waals surface area contributed by atoms with Crippen LogP contribution in [0.3, 0.4) is 0 Å². The number of likely N-dealkylation sites (tertiary alicyclic amines) is 2. The van der Waals surface area contributed by atoms with E-state index in [1.807, 2.05) is 36.9 Å². The molecule has 2 N–H and O–H groups in total. The van der Waals surface area contributed by atoms with Crippen LogP contribution >= 0.6 is 0 Å². The Morgan fingerprint density at radius 1 is 1.14 bits per heavy atom. The molecule has 29 heavy (non-hydrogen) atoms. The van der Waals surface area contributed by atoms with Crippen LogP contribution in [0, 0.1) is 11.8 Å². The van der Waals surface area contributed by atoms with Gasteiger partial charge in [0.05, 0.1) is 5.69 Å². The van der Waals surface area contributed by atoms with E-state index in [0.717, 1.165) is 57.0 Å². The molecule has 0 radical (unpaired) electrons. The minimum Gasteiger partial charge on any atom is -0.360 e. The highest BCUT2D eigenvalue weighted by Crippen LogP contribution is 2.33. The Morgan fingerprint density at radius 2 is 1.83 bits per heavy atom. The van der Waals surface area contributed by atoms with E-state index < -0.39 is 0 Å². The van der Waals surface area contributed by atoms with E-state index >= 15 is 0 Å². The third kappa shape index (κ3) is 4.09. The largest absolute Gasteiger partial charge is 0.360 e. The minimum absolute atomic E-state index is 0.0863. The summed E-state index contributed by atoms with van der Waals surface area (Å²) in [6.45, 7) is 8.83. The van der Waals surface area contributed by atoms with Crippen LogP contribution in [0.15, 0.2) is 34.9 Å². The van der Waals surface area contributed by atoms with Crippen molar-refractivity contribution in [3.05, 3.63) is 52.9 Å². The lowest BCUT2D eigenvalue weighted by molar-refractivity contribution is 0.0770. The van der Waals surface area contributed by atoms with Crippen LogP contribution < -0.4 is 5.73 Å². The summed E-state index contributed by atoms with van der Waals surface area (Å²) in [5, 5.41) is 4.11. The van der Waals surface area contributed by atoms with Gasteiger partial charge >= 0.3 is 0 Å². The predicted octanol–water partition coefficient (Wildman–Crippen LogP) is 2.89. The highest BCUT2D eigenvalue weighted by Gasteiger charge is 2.42. The number of rotatable bonds is 7. The molecular formula is C23H32N4O2. The average Bonchev–Trinajstić information content (AvgIpc) is 3.44. The molecule has 156 valence electrons. The second-order valence-corrected chi connectivity index (χ2v) is 8.43. The Bertz CT molecular complexity index is 799. The Kier molecular flexibility index (Phi) is 6.01. The fourth-order valence-corrected chi connectivity index (χ4v) is 4.87. The number of aromatic nitrogens is 1. The first kappa shape index (κ1) is 20.1. The summed E-state index contributed by atoms with van der Waals surface area (Å²) < 4.78 is 5.40. The fourth-order valence-electron chi connectivity index (χ4n) is 4.87. The topological polar surface area (TPSA) is 75.6 Å². The molecule has 6 nitrogen and oxygen atoms in total. The first-order valence-electron chi connectivity index (χ1n) is 10.9. The SMILES string of the molecule is CCc1noc(CC)c1C(=O)N1CC2CN(CC[C@H](N)c3ccccc3)CC2C1. The zero-order valence-electron chi connectivity index (χ0n) is 17.5. The van der Waals surface area contributed by atoms with Gasteiger partial charge in [-0.3, -0.25) is 4.79 Å². The van der Waals surface area contributed by atoms with E-state index in [0.29, 0.717) is 23.8 Å². The Hall–Kier alpha value is -2.18. The van der Waals surface area contributed by atoms with Gasteiger partial charge in [-0.2, -0.15) is 0 Å². The molecule has 2 fully saturated rings. The lowest BCUT2D eigenvalue weighted by Crippen LogP contribution is -2.34. The van der Waals surface area contributed by atoms with E-state index in [-0.39, 0.29) is 11.9 Å². The van der Waals surface area contributed by atoms with Crippen molar-refractivity contribution in [1.29, 1.82) is 0 Å². The van der Waals surface area contributed by atoms with E-state index in [1.54, 1.807) is 0 Å². The fraction of sp³-hybridized carbons (Fsp3) is 0.565. The number of carbonyl (C=O) groups is 1. The standard InChI is InChI=1S/C23H32N4O2/c1-3-20-22(21(4-2)29-25-20)23(28)27-14-17-12-26(13-18(17)15-27)11-10-19(24)16-8-6-5-7-9-16/h5-9,17-19H,3-4,10-15,24H2,1-2H3/t17?,18?,19-/m0/s1. The van der Waals surface area contributed by atoms with Crippen molar-refractivity contribution < 1.29 is 9.32 Å². The van der Waals surface area contributed by atoms with Crippen molar-refractivity contribution in [1.82, 2.24) is 15.0 Å². The number of nitrogens with zero attached hydrogens (tertiary/aromatic N) is 3. The van der Waals surface area contributed by atoms with Crippen LogP contribution in [0.25, 0.3) is 0 Å². The summed E-state index contributed by atoms with van der Waals surface area (Å²) in [4.78, 5) is 17.7. The van der Waals surface area contributed by atoms with Gasteiger partial charge < -0.3 is 20.1 Å². The summed E-state index contributed by atoms with van der Waals surface area (Å²) >= 11 is 0. The van der Waals surface area contributed by atoms with Crippen molar-refractivity contribution in [3.8, 4) is 0 Å². The van der Waals surface area contributed by atoms with Crippen LogP contribution in [0.2, 0.25) is 0 Å². The number of hydrogen-bond acceptors (Lipinski definition) is 5. The van der Waals surface area contributed by atoms with Crippen LogP contribution in [-0.4, -0.2) is 53.6 Å². The van der Waals surface area contributed by atoms with Gasteiger partial charge in [-0.25, -0.2) is 0 Å². The summed E-state index contributed by atoms with van der Waals surface area (Å²) in [6.07, 6.45) is 2.39. The number of fused-ring (bicyclic) bond motifs is 1. The molecule has 0 aliphatic carbocycles. The van der Waals surface area contributed by atoms with Crippen molar-refractivity contribution in [2.24, 2.45) is 17.6 Å². The first-order chi connectivity index (χ1) is 14.1. The number of benzene rings is 1. The van der Waals surface area contributed by atoms with E-state index in [1.165, 1.54) is 5.56 Å². The third-order valence-electron chi connectivity index (χ3n) is 6.54. The highest BCUT2D eigenvalue weighted by molar-refractivity contribution is 5.96. The molecule has 2 aliphatic heterocycles. The minimum atomic E-state index is 0.0863. The molecule has 6 heteroatoms. The molecule has 0 spiro atoms. The lowest BCUT2D eigenvalue weighted by Gasteiger charge is -2.23. The molecule has 2 aromatic rings. The maximum atomic E-state index is 13.1. The number of hydrogen-bond donors (Lipinski definition) is 1. The number of amides is 1. The van der Waals surface area contributed by atoms with Gasteiger partial charge in [0.25, 0.3) is 5.91 Å². The zero-order valence-corrected chi connectivity index (χ0v) is 17.5. The molecule has 1 aromatic carbocycles. The Morgan fingerprint density at radius 3 is 2.45 bits per heavy atom. The molecular weight excluding hydrogens is 364 g/mol. The van der Waals surface area contributed by atoms with Gasteiger partial charge in [-0.15, -0.1) is 0 Å². The number of aryl methyl sites for hydroxylation is 2. The molecule has 3 atom stereocenters. The quantitative estimate of drug-likeness (QED) is 0.779. The molecule has 1 aromatic heterocycles. The predicted molar refractivity (Wildman–Crippen MR) is 113 cm³/mol. The van der Waals surface area contributed by atoms with Crippen molar-refractivity contribution >= 4 is 5.91 Å². The van der Waals surface area contributed by atoms with E-state index in [9.17, 15) is 4.79 Å². The van der Waals surface area contributed by atoms with Gasteiger partial charge in [0.15, 0.2) is 0 Å². The maximum absolute atomic E-state index is 13.1. The average molecular weight is 397 g/mol. The second kappa shape index (κ2) is 8.67. The summed E-state index contributed by atoms with van der Waals surface area (Å²) in [5.74, 6) is 1.94. The van der Waals surface area contributed by atoms with Crippen LogP contribution in [-0.2, 0) is 12.8 Å². The summed E-state index contributed by atoms with van der Waals surface area (Å²) in [6, 6.07) is 10.4. The first-order valence-corrected chi connectivity index (χ1v) is 10.9. The second-order valence-electron chi connectivity index (χ2n) is 8.43. The van der Waals surface area contributed by atoms with Gasteiger partial charge in [0, 0.05) is 38.6 Å². The molecule has 3 heterocycles. The van der Waals surface area contributed by atoms with Crippen molar-refractivity contribution in [2.75, 3.05) is 32.7 Å². The van der Waals surface area contributed by atoms with Crippen LogP contribution in [0.5, 0.6) is 0 Å². The van der Waals surface area contributed by atoms with Gasteiger partial charge in [-0.05, 0) is 36.8 Å². The van der Waals surface area contributed by atoms with Crippen molar-refractivity contribution in [3.63, 3.8) is 0 Å². The molecule has 0 bridgehead atoms. The maximum Gasteiger partial charge on any atom is 0.259 e. The molecule has 2 aliphatic rings. The molecule has 2 unspecified atom stereocenters. The Labute approximate surface area is 173 Å².